The second-order valence-electron chi connectivity index (χ2n) is 9.08. The molecule has 0 atom stereocenters. The van der Waals surface area contributed by atoms with Gasteiger partial charge in [0.15, 0.2) is 17.3 Å². The molecule has 0 saturated carbocycles. The molecule has 0 radical (unpaired) electrons. The zero-order valence-electron chi connectivity index (χ0n) is 21.0. The Labute approximate surface area is 210 Å². The third kappa shape index (κ3) is 7.07. The summed E-state index contributed by atoms with van der Waals surface area (Å²) in [6, 6.07) is 17.6. The number of hydrogen-bond donors (Lipinski definition) is 0. The Morgan fingerprint density at radius 3 is 2.17 bits per heavy atom. The molecule has 36 heavy (non-hydrogen) atoms. The van der Waals surface area contributed by atoms with Crippen LogP contribution < -0.4 is 18.9 Å². The molecule has 0 bridgehead atoms. The monoisotopic (exact) mass is 496 g/mol. The van der Waals surface area contributed by atoms with Gasteiger partial charge >= 0.3 is 6.61 Å². The van der Waals surface area contributed by atoms with E-state index >= 15 is 0 Å². The molecule has 0 unspecified atom stereocenters. The van der Waals surface area contributed by atoms with Crippen LogP contribution in [0.2, 0.25) is 0 Å². The maximum Gasteiger partial charge on any atom is 0.387 e. The van der Waals surface area contributed by atoms with E-state index in [-0.39, 0.29) is 34.9 Å². The van der Waals surface area contributed by atoms with Gasteiger partial charge < -0.3 is 18.9 Å². The number of halogens is 2. The van der Waals surface area contributed by atoms with Gasteiger partial charge in [-0.2, -0.15) is 8.78 Å². The molecule has 0 saturated heterocycles. The van der Waals surface area contributed by atoms with Gasteiger partial charge in [0.2, 0.25) is 0 Å². The predicted octanol–water partition coefficient (Wildman–Crippen LogP) is 7.08. The van der Waals surface area contributed by atoms with Crippen molar-refractivity contribution in [3.05, 3.63) is 89.0 Å². The molecule has 7 heteroatoms. The molecule has 190 valence electrons. The van der Waals surface area contributed by atoms with Crippen LogP contribution in [0.1, 0.15) is 47.8 Å². The van der Waals surface area contributed by atoms with Gasteiger partial charge in [0.05, 0.1) is 14.2 Å². The van der Waals surface area contributed by atoms with E-state index in [0.717, 1.165) is 16.9 Å². The fraction of sp³-hybridized carbons (Fsp3) is 0.276. The Morgan fingerprint density at radius 2 is 1.56 bits per heavy atom. The molecule has 3 aromatic carbocycles. The minimum Gasteiger partial charge on any atom is -0.496 e. The van der Waals surface area contributed by atoms with E-state index < -0.39 is 6.61 Å². The standard InChI is InChI=1S/C29H30F2O5/c1-29(2,3)22-9-11-23(12-10-22)35-18-21-16-19(7-14-25(21)33-4)6-13-24(32)20-8-15-26(36-28(30)31)27(17-20)34-5/h6-17,28H,18H2,1-5H3/b13-6+. The van der Waals surface area contributed by atoms with E-state index in [1.54, 1.807) is 13.2 Å². The van der Waals surface area contributed by atoms with E-state index in [9.17, 15) is 13.6 Å². The van der Waals surface area contributed by atoms with E-state index in [1.807, 2.05) is 30.3 Å². The molecular weight excluding hydrogens is 466 g/mol. The molecule has 0 spiro atoms. The first kappa shape index (κ1) is 26.7. The zero-order chi connectivity index (χ0) is 26.3. The Hall–Kier alpha value is -3.87. The summed E-state index contributed by atoms with van der Waals surface area (Å²) in [7, 11) is 2.91. The second kappa shape index (κ2) is 11.7. The summed E-state index contributed by atoms with van der Waals surface area (Å²) in [5, 5.41) is 0. The Morgan fingerprint density at radius 1 is 0.889 bits per heavy atom. The highest BCUT2D eigenvalue weighted by molar-refractivity contribution is 6.07. The number of benzene rings is 3. The number of rotatable bonds is 10. The van der Waals surface area contributed by atoms with Crippen LogP contribution in [-0.2, 0) is 12.0 Å². The molecule has 3 aromatic rings. The fourth-order valence-electron chi connectivity index (χ4n) is 3.51. The van der Waals surface area contributed by atoms with Crippen molar-refractivity contribution in [3.8, 4) is 23.0 Å². The van der Waals surface area contributed by atoms with Crippen molar-refractivity contribution in [2.24, 2.45) is 0 Å². The fourth-order valence-corrected chi connectivity index (χ4v) is 3.51. The maximum atomic E-state index is 12.7. The van der Waals surface area contributed by atoms with Gasteiger partial charge in [0, 0.05) is 11.1 Å². The van der Waals surface area contributed by atoms with E-state index in [2.05, 4.69) is 37.6 Å². The molecule has 0 heterocycles. The second-order valence-corrected chi connectivity index (χ2v) is 9.08. The highest BCUT2D eigenvalue weighted by Crippen LogP contribution is 2.30. The van der Waals surface area contributed by atoms with Crippen molar-refractivity contribution in [2.75, 3.05) is 14.2 Å². The third-order valence-corrected chi connectivity index (χ3v) is 5.51. The van der Waals surface area contributed by atoms with Crippen molar-refractivity contribution >= 4 is 11.9 Å². The number of ketones is 1. The molecule has 0 fully saturated rings. The Balaban J connectivity index is 1.72. The molecule has 5 nitrogen and oxygen atoms in total. The minimum atomic E-state index is -2.99. The largest absolute Gasteiger partial charge is 0.496 e. The Kier molecular flexibility index (Phi) is 8.69. The first-order valence-electron chi connectivity index (χ1n) is 11.4. The first-order chi connectivity index (χ1) is 17.1. The number of hydrogen-bond acceptors (Lipinski definition) is 5. The summed E-state index contributed by atoms with van der Waals surface area (Å²) in [4.78, 5) is 12.7. The van der Waals surface area contributed by atoms with Crippen LogP contribution in [0.4, 0.5) is 8.78 Å². The summed E-state index contributed by atoms with van der Waals surface area (Å²) in [6.07, 6.45) is 3.07. The molecule has 3 rings (SSSR count). The molecule has 0 aromatic heterocycles. The lowest BCUT2D eigenvalue weighted by atomic mass is 9.87. The number of methoxy groups -OCH3 is 2. The number of allylic oxidation sites excluding steroid dienone is 1. The van der Waals surface area contributed by atoms with Crippen LogP contribution in [-0.4, -0.2) is 26.6 Å². The van der Waals surface area contributed by atoms with Crippen LogP contribution in [0.25, 0.3) is 6.08 Å². The van der Waals surface area contributed by atoms with Crippen molar-refractivity contribution in [3.63, 3.8) is 0 Å². The van der Waals surface area contributed by atoms with Gasteiger partial charge in [-0.15, -0.1) is 0 Å². The van der Waals surface area contributed by atoms with Crippen LogP contribution in [0.5, 0.6) is 23.0 Å². The van der Waals surface area contributed by atoms with Gasteiger partial charge in [-0.3, -0.25) is 4.79 Å². The van der Waals surface area contributed by atoms with E-state index in [0.29, 0.717) is 5.75 Å². The van der Waals surface area contributed by atoms with Crippen LogP contribution in [0, 0.1) is 0 Å². The lowest BCUT2D eigenvalue weighted by molar-refractivity contribution is -0.0512. The molecule has 0 amide bonds. The van der Waals surface area contributed by atoms with E-state index in [1.165, 1.54) is 36.9 Å². The summed E-state index contributed by atoms with van der Waals surface area (Å²) >= 11 is 0. The van der Waals surface area contributed by atoms with Crippen molar-refractivity contribution in [1.29, 1.82) is 0 Å². The minimum absolute atomic E-state index is 0.0500. The van der Waals surface area contributed by atoms with Gasteiger partial charge in [-0.1, -0.05) is 45.0 Å². The summed E-state index contributed by atoms with van der Waals surface area (Å²) in [5.41, 5.74) is 3.16. The van der Waals surface area contributed by atoms with Crippen LogP contribution in [0.15, 0.2) is 66.7 Å². The lowest BCUT2D eigenvalue weighted by Crippen LogP contribution is -2.10. The van der Waals surface area contributed by atoms with Crippen LogP contribution in [0.3, 0.4) is 0 Å². The number of carbonyl (C=O) groups is 1. The molecule has 0 aliphatic heterocycles. The van der Waals surface area contributed by atoms with Crippen molar-refractivity contribution < 1.29 is 32.5 Å². The maximum absolute atomic E-state index is 12.7. The van der Waals surface area contributed by atoms with Crippen molar-refractivity contribution in [2.45, 2.75) is 39.4 Å². The summed E-state index contributed by atoms with van der Waals surface area (Å²) in [5.74, 6) is 1.01. The normalized spacial score (nSPS) is 11.6. The number of ether oxygens (including phenoxy) is 4. The average Bonchev–Trinajstić information content (AvgIpc) is 2.85. The SMILES string of the molecule is COc1ccc(/C=C/C(=O)c2ccc(OC(F)F)c(OC)c2)cc1COc1ccc(C(C)(C)C)cc1. The highest BCUT2D eigenvalue weighted by Gasteiger charge is 2.14. The quantitative estimate of drug-likeness (QED) is 0.222. The average molecular weight is 497 g/mol. The summed E-state index contributed by atoms with van der Waals surface area (Å²) < 4.78 is 45.9. The third-order valence-electron chi connectivity index (χ3n) is 5.51. The zero-order valence-corrected chi connectivity index (χ0v) is 21.0. The van der Waals surface area contributed by atoms with Gasteiger partial charge in [-0.25, -0.2) is 0 Å². The van der Waals surface area contributed by atoms with E-state index in [4.69, 9.17) is 14.2 Å². The molecule has 0 N–H and O–H groups in total. The van der Waals surface area contributed by atoms with Crippen LogP contribution >= 0.6 is 0 Å². The molecule has 0 aliphatic carbocycles. The van der Waals surface area contributed by atoms with Gasteiger partial charge in [-0.05, 0) is 65.1 Å². The van der Waals surface area contributed by atoms with Crippen molar-refractivity contribution in [1.82, 2.24) is 0 Å². The predicted molar refractivity (Wildman–Crippen MR) is 135 cm³/mol. The number of carbonyl (C=O) groups excluding carboxylic acids is 1. The topological polar surface area (TPSA) is 54.0 Å². The molecule has 0 aliphatic rings. The summed E-state index contributed by atoms with van der Waals surface area (Å²) in [6.45, 7) is 3.77. The molecular formula is C29H30F2O5. The Bertz CT molecular complexity index is 1210. The number of alkyl halides is 2. The van der Waals surface area contributed by atoms with Gasteiger partial charge in [0.25, 0.3) is 0 Å². The first-order valence-corrected chi connectivity index (χ1v) is 11.4. The lowest BCUT2D eigenvalue weighted by Gasteiger charge is -2.19. The smallest absolute Gasteiger partial charge is 0.387 e. The van der Waals surface area contributed by atoms with Gasteiger partial charge in [0.1, 0.15) is 18.1 Å². The highest BCUT2D eigenvalue weighted by atomic mass is 19.3.